The number of rotatable bonds is 9. The third-order valence-electron chi connectivity index (χ3n) is 1.45. The molecule has 0 aromatic carbocycles. The lowest BCUT2D eigenvalue weighted by molar-refractivity contribution is -0.121. The standard InChI is InChI=1S/C9H17NO4/c1-2-9(12)10-3-5-13-7-8-14-6-4-11/h4H,2-3,5-8H2,1H3,(H,10,12). The summed E-state index contributed by atoms with van der Waals surface area (Å²) in [6.07, 6.45) is 1.18. The lowest BCUT2D eigenvalue weighted by atomic mass is 10.4. The van der Waals surface area contributed by atoms with E-state index >= 15 is 0 Å². The average Bonchev–Trinajstić information content (AvgIpc) is 2.21. The van der Waals surface area contributed by atoms with Gasteiger partial charge in [0.25, 0.3) is 0 Å². The highest BCUT2D eigenvalue weighted by atomic mass is 16.5. The minimum atomic E-state index is 0.0193. The number of hydrogen-bond acceptors (Lipinski definition) is 4. The van der Waals surface area contributed by atoms with E-state index in [0.717, 1.165) is 0 Å². The van der Waals surface area contributed by atoms with Crippen LogP contribution in [0.2, 0.25) is 0 Å². The van der Waals surface area contributed by atoms with E-state index in [1.54, 1.807) is 6.92 Å². The second-order valence-electron chi connectivity index (χ2n) is 2.56. The molecule has 0 aliphatic heterocycles. The highest BCUT2D eigenvalue weighted by Gasteiger charge is 1.94. The number of nitrogens with one attached hydrogen (secondary N) is 1. The molecule has 0 radical (unpaired) electrons. The van der Waals surface area contributed by atoms with E-state index in [1.807, 2.05) is 0 Å². The van der Waals surface area contributed by atoms with E-state index in [2.05, 4.69) is 5.32 Å². The van der Waals surface area contributed by atoms with E-state index in [-0.39, 0.29) is 12.5 Å². The zero-order valence-electron chi connectivity index (χ0n) is 8.45. The molecule has 0 aromatic rings. The largest absolute Gasteiger partial charge is 0.377 e. The first-order chi connectivity index (χ1) is 6.81. The van der Waals surface area contributed by atoms with Gasteiger partial charge >= 0.3 is 0 Å². The molecular formula is C9H17NO4. The molecule has 0 saturated carbocycles. The van der Waals surface area contributed by atoms with Crippen molar-refractivity contribution in [2.75, 3.05) is 33.0 Å². The topological polar surface area (TPSA) is 64.6 Å². The fourth-order valence-electron chi connectivity index (χ4n) is 0.739. The first-order valence-corrected chi connectivity index (χ1v) is 4.67. The summed E-state index contributed by atoms with van der Waals surface area (Å²) < 4.78 is 9.97. The van der Waals surface area contributed by atoms with Crippen molar-refractivity contribution in [2.24, 2.45) is 0 Å². The quantitative estimate of drug-likeness (QED) is 0.414. The third-order valence-corrected chi connectivity index (χ3v) is 1.45. The van der Waals surface area contributed by atoms with Crippen molar-refractivity contribution in [3.63, 3.8) is 0 Å². The van der Waals surface area contributed by atoms with Crippen LogP contribution in [0.25, 0.3) is 0 Å². The monoisotopic (exact) mass is 203 g/mol. The average molecular weight is 203 g/mol. The minimum Gasteiger partial charge on any atom is -0.377 e. The molecule has 0 saturated heterocycles. The van der Waals surface area contributed by atoms with Crippen molar-refractivity contribution in [3.8, 4) is 0 Å². The Balaban J connectivity index is 2.98. The lowest BCUT2D eigenvalue weighted by Crippen LogP contribution is -2.26. The Kier molecular flexibility index (Phi) is 9.46. The van der Waals surface area contributed by atoms with Gasteiger partial charge in [-0.1, -0.05) is 6.92 Å². The van der Waals surface area contributed by atoms with E-state index in [1.165, 1.54) is 0 Å². The molecule has 5 heteroatoms. The van der Waals surface area contributed by atoms with Gasteiger partial charge in [0.2, 0.25) is 5.91 Å². The van der Waals surface area contributed by atoms with Crippen LogP contribution in [0.1, 0.15) is 13.3 Å². The van der Waals surface area contributed by atoms with Crippen molar-refractivity contribution in [2.45, 2.75) is 13.3 Å². The van der Waals surface area contributed by atoms with Gasteiger partial charge in [0, 0.05) is 13.0 Å². The second kappa shape index (κ2) is 10.1. The molecule has 14 heavy (non-hydrogen) atoms. The van der Waals surface area contributed by atoms with Gasteiger partial charge in [-0.3, -0.25) is 4.79 Å². The molecule has 0 unspecified atom stereocenters. The molecule has 0 rings (SSSR count). The van der Waals surface area contributed by atoms with Gasteiger partial charge in [-0.15, -0.1) is 0 Å². The Hall–Kier alpha value is -0.940. The number of carbonyl (C=O) groups excluding carboxylic acids is 2. The molecule has 0 heterocycles. The van der Waals surface area contributed by atoms with Crippen molar-refractivity contribution >= 4 is 12.2 Å². The summed E-state index contributed by atoms with van der Waals surface area (Å²) in [6, 6.07) is 0. The first-order valence-electron chi connectivity index (χ1n) is 4.67. The molecule has 0 aliphatic rings. The molecule has 0 spiro atoms. The normalized spacial score (nSPS) is 9.79. The zero-order chi connectivity index (χ0) is 10.6. The van der Waals surface area contributed by atoms with Crippen LogP contribution in [-0.2, 0) is 19.1 Å². The number of carbonyl (C=O) groups is 2. The maximum Gasteiger partial charge on any atom is 0.219 e. The predicted octanol–water partition coefficient (Wildman–Crippen LogP) is -0.255. The smallest absolute Gasteiger partial charge is 0.219 e. The Labute approximate surface area is 83.8 Å². The summed E-state index contributed by atoms with van der Waals surface area (Å²) >= 11 is 0. The molecule has 82 valence electrons. The maximum atomic E-state index is 10.8. The van der Waals surface area contributed by atoms with Crippen LogP contribution in [0.5, 0.6) is 0 Å². The van der Waals surface area contributed by atoms with Crippen molar-refractivity contribution in [1.82, 2.24) is 5.32 Å². The number of hydrogen-bond donors (Lipinski definition) is 1. The Morgan fingerprint density at radius 1 is 1.29 bits per heavy atom. The summed E-state index contributed by atoms with van der Waals surface area (Å²) in [5, 5.41) is 2.67. The Bertz CT molecular complexity index is 161. The van der Waals surface area contributed by atoms with Gasteiger partial charge in [0.1, 0.15) is 12.9 Å². The molecule has 1 amide bonds. The zero-order valence-corrected chi connectivity index (χ0v) is 8.45. The van der Waals surface area contributed by atoms with Crippen LogP contribution in [0.15, 0.2) is 0 Å². The van der Waals surface area contributed by atoms with Crippen LogP contribution in [-0.4, -0.2) is 45.2 Å². The minimum absolute atomic E-state index is 0.0193. The fraction of sp³-hybridized carbons (Fsp3) is 0.778. The van der Waals surface area contributed by atoms with E-state index in [9.17, 15) is 9.59 Å². The van der Waals surface area contributed by atoms with Crippen molar-refractivity contribution in [1.29, 1.82) is 0 Å². The molecule has 1 N–H and O–H groups in total. The van der Waals surface area contributed by atoms with Gasteiger partial charge in [0.15, 0.2) is 0 Å². The van der Waals surface area contributed by atoms with Gasteiger partial charge in [-0.25, -0.2) is 0 Å². The number of amides is 1. The van der Waals surface area contributed by atoms with Crippen LogP contribution in [0.3, 0.4) is 0 Å². The molecule has 0 bridgehead atoms. The Morgan fingerprint density at radius 2 is 2.00 bits per heavy atom. The van der Waals surface area contributed by atoms with Gasteiger partial charge < -0.3 is 19.6 Å². The predicted molar refractivity (Wildman–Crippen MR) is 51.0 cm³/mol. The number of ether oxygens (including phenoxy) is 2. The van der Waals surface area contributed by atoms with Crippen LogP contribution >= 0.6 is 0 Å². The summed E-state index contributed by atoms with van der Waals surface area (Å²) in [4.78, 5) is 20.6. The van der Waals surface area contributed by atoms with E-state index in [0.29, 0.717) is 39.1 Å². The van der Waals surface area contributed by atoms with Gasteiger partial charge in [-0.05, 0) is 0 Å². The third kappa shape index (κ3) is 9.15. The number of aldehydes is 1. The molecular weight excluding hydrogens is 186 g/mol. The summed E-state index contributed by atoms with van der Waals surface area (Å²) in [5.74, 6) is 0.0193. The molecule has 0 aliphatic carbocycles. The Morgan fingerprint density at radius 3 is 2.64 bits per heavy atom. The van der Waals surface area contributed by atoms with Crippen LogP contribution < -0.4 is 5.32 Å². The van der Waals surface area contributed by atoms with Crippen molar-refractivity contribution in [3.05, 3.63) is 0 Å². The van der Waals surface area contributed by atoms with Gasteiger partial charge in [-0.2, -0.15) is 0 Å². The molecule has 0 fully saturated rings. The highest BCUT2D eigenvalue weighted by molar-refractivity contribution is 5.75. The van der Waals surface area contributed by atoms with Crippen LogP contribution in [0.4, 0.5) is 0 Å². The van der Waals surface area contributed by atoms with E-state index < -0.39 is 0 Å². The summed E-state index contributed by atoms with van der Waals surface area (Å²) in [5.41, 5.74) is 0. The van der Waals surface area contributed by atoms with Crippen molar-refractivity contribution < 1.29 is 19.1 Å². The fourth-order valence-corrected chi connectivity index (χ4v) is 0.739. The second-order valence-corrected chi connectivity index (χ2v) is 2.56. The SMILES string of the molecule is CCC(=O)NCCOCCOCC=O. The lowest BCUT2D eigenvalue weighted by Gasteiger charge is -2.04. The highest BCUT2D eigenvalue weighted by Crippen LogP contribution is 1.78. The molecule has 5 nitrogen and oxygen atoms in total. The molecule has 0 atom stereocenters. The van der Waals surface area contributed by atoms with Crippen LogP contribution in [0, 0.1) is 0 Å². The summed E-state index contributed by atoms with van der Waals surface area (Å²) in [6.45, 7) is 3.73. The molecule has 0 aromatic heterocycles. The van der Waals surface area contributed by atoms with Gasteiger partial charge in [0.05, 0.1) is 19.8 Å². The first kappa shape index (κ1) is 13.1. The van der Waals surface area contributed by atoms with E-state index in [4.69, 9.17) is 9.47 Å². The maximum absolute atomic E-state index is 10.8. The summed E-state index contributed by atoms with van der Waals surface area (Å²) in [7, 11) is 0.